The molecule has 18 heteroatoms. The fraction of sp³-hybridized carbons (Fsp3) is 0.697. The molecular formula is C33H44O18. The van der Waals surface area contributed by atoms with Crippen LogP contribution in [0.2, 0.25) is 0 Å². The number of carbonyl (C=O) groups excluding carboxylic acids is 2. The van der Waals surface area contributed by atoms with Crippen LogP contribution < -0.4 is 0 Å². The van der Waals surface area contributed by atoms with Crippen molar-refractivity contribution in [1.82, 2.24) is 0 Å². The largest absolute Gasteiger partial charge is 0.471 e. The predicted molar refractivity (Wildman–Crippen MR) is 164 cm³/mol. The second-order valence-corrected chi connectivity index (χ2v) is 13.0. The first-order valence-corrected chi connectivity index (χ1v) is 16.6. The molecule has 0 amide bonds. The van der Waals surface area contributed by atoms with Gasteiger partial charge in [-0.15, -0.1) is 13.2 Å². The summed E-state index contributed by atoms with van der Waals surface area (Å²) >= 11 is 0. The Morgan fingerprint density at radius 2 is 1.55 bits per heavy atom. The van der Waals surface area contributed by atoms with E-state index in [9.17, 15) is 40.2 Å². The molecule has 0 spiro atoms. The molecule has 0 aromatic heterocycles. The van der Waals surface area contributed by atoms with Gasteiger partial charge in [-0.1, -0.05) is 12.2 Å². The minimum atomic E-state index is -1.72. The van der Waals surface area contributed by atoms with Crippen LogP contribution in [-0.2, 0) is 57.0 Å². The first-order valence-electron chi connectivity index (χ1n) is 16.6. The molecule has 0 saturated carbocycles. The Kier molecular flexibility index (Phi) is 11.8. The topological polar surface area (TPSA) is 248 Å². The van der Waals surface area contributed by atoms with Gasteiger partial charge in [0.15, 0.2) is 18.9 Å². The van der Waals surface area contributed by atoms with E-state index < -0.39 is 117 Å². The molecule has 17 atom stereocenters. The van der Waals surface area contributed by atoms with Gasteiger partial charge in [0, 0.05) is 30.1 Å². The Bertz CT molecular complexity index is 1350. The summed E-state index contributed by atoms with van der Waals surface area (Å²) in [5, 5.41) is 62.7. The van der Waals surface area contributed by atoms with Crippen molar-refractivity contribution in [3.63, 3.8) is 0 Å². The van der Waals surface area contributed by atoms with E-state index in [0.717, 1.165) is 6.26 Å². The maximum Gasteiger partial charge on any atom is 0.337 e. The van der Waals surface area contributed by atoms with E-state index in [1.54, 1.807) is 6.08 Å². The van der Waals surface area contributed by atoms with Gasteiger partial charge in [0.05, 0.1) is 50.6 Å². The second-order valence-electron chi connectivity index (χ2n) is 13.0. The first kappa shape index (κ1) is 37.8. The van der Waals surface area contributed by atoms with Gasteiger partial charge in [-0.3, -0.25) is 0 Å². The van der Waals surface area contributed by atoms with Crippen molar-refractivity contribution in [3.05, 3.63) is 49.0 Å². The molecular weight excluding hydrogens is 684 g/mol. The molecule has 18 nitrogen and oxygen atoms in total. The highest BCUT2D eigenvalue weighted by atomic mass is 16.8. The number of esters is 2. The monoisotopic (exact) mass is 728 g/mol. The lowest BCUT2D eigenvalue weighted by Gasteiger charge is -2.48. The van der Waals surface area contributed by atoms with Gasteiger partial charge in [-0.05, 0) is 6.42 Å². The maximum atomic E-state index is 12.8. The summed E-state index contributed by atoms with van der Waals surface area (Å²) in [5.41, 5.74) is 0.420. The molecule has 0 aromatic rings. The fourth-order valence-corrected chi connectivity index (χ4v) is 7.25. The van der Waals surface area contributed by atoms with Gasteiger partial charge in [0.2, 0.25) is 12.6 Å². The number of fused-ring (bicyclic) bond motifs is 2. The standard InChI is InChI=1S/C33H44O18/c1-4-13-15-6-7-43-29(41)17(15)10-45-30(13)50-33-26(39)24(37)27-20(48-33)12-44-21(49-27)8-16-14(5-2)31(46-11-18(16)28(40)42-3)51-32-25(38)23(36)22(35)19(9-34)47-32/h4-5,10-11,13-16,19-27,30-39H,1-2,6-9,12H2,3H3/t13-,14-,15+,16+,19-,20-,21-,22-,23+,24-,25-,26-,27-,30+,31+,32+,33+/m1/s1. The van der Waals surface area contributed by atoms with Crippen molar-refractivity contribution in [2.75, 3.05) is 26.9 Å². The zero-order valence-corrected chi connectivity index (χ0v) is 27.7. The summed E-state index contributed by atoms with van der Waals surface area (Å²) in [6.07, 6.45) is -11.7. The lowest BCUT2D eigenvalue weighted by atomic mass is 9.81. The zero-order valence-electron chi connectivity index (χ0n) is 27.7. The van der Waals surface area contributed by atoms with Crippen LogP contribution in [-0.4, -0.2) is 150 Å². The smallest absolute Gasteiger partial charge is 0.337 e. The lowest BCUT2D eigenvalue weighted by Crippen LogP contribution is -2.64. The van der Waals surface area contributed by atoms with Crippen molar-refractivity contribution < 1.29 is 87.6 Å². The quantitative estimate of drug-likeness (QED) is 0.104. The predicted octanol–water partition coefficient (Wildman–Crippen LogP) is -2.17. The van der Waals surface area contributed by atoms with Crippen molar-refractivity contribution in [1.29, 1.82) is 0 Å². The summed E-state index contributed by atoms with van der Waals surface area (Å²) in [6, 6.07) is 0. The van der Waals surface area contributed by atoms with Crippen LogP contribution in [0.4, 0.5) is 0 Å². The normalized spacial score (nSPS) is 45.3. The molecule has 284 valence electrons. The average molecular weight is 729 g/mol. The molecule has 51 heavy (non-hydrogen) atoms. The lowest BCUT2D eigenvalue weighted by molar-refractivity contribution is -0.379. The third-order valence-corrected chi connectivity index (χ3v) is 10.1. The summed E-state index contributed by atoms with van der Waals surface area (Å²) in [4.78, 5) is 25.0. The van der Waals surface area contributed by atoms with Gasteiger partial charge in [0.1, 0.15) is 48.8 Å². The van der Waals surface area contributed by atoms with Gasteiger partial charge < -0.3 is 78.0 Å². The number of hydrogen-bond donors (Lipinski definition) is 6. The highest BCUT2D eigenvalue weighted by Crippen LogP contribution is 2.42. The van der Waals surface area contributed by atoms with Gasteiger partial charge in [0.25, 0.3) is 0 Å². The van der Waals surface area contributed by atoms with E-state index in [4.69, 9.17) is 47.4 Å². The SMILES string of the molecule is C=C[C@H]1[C@H](O[C@@H]2O[C@H](CO)[C@@H](O)[C@H](O)[C@H]2O)OC=C(C(=O)OC)[C@H]1C[C@@H]1OC[C@H]2O[C@@H](O[C@@H]3OC=C4C(=O)OCC[C@H]4[C@H]3C=C)[C@H](O)[C@@H](O)[C@@H]2O1. The molecule has 4 saturated heterocycles. The highest BCUT2D eigenvalue weighted by Gasteiger charge is 2.53. The Morgan fingerprint density at radius 1 is 0.882 bits per heavy atom. The summed E-state index contributed by atoms with van der Waals surface area (Å²) in [6.45, 7) is 7.13. The van der Waals surface area contributed by atoms with Crippen LogP contribution in [0.5, 0.6) is 0 Å². The van der Waals surface area contributed by atoms with Crippen LogP contribution >= 0.6 is 0 Å². The van der Waals surface area contributed by atoms with Crippen LogP contribution in [0.25, 0.3) is 0 Å². The molecule has 6 rings (SSSR count). The second kappa shape index (κ2) is 15.9. The maximum absolute atomic E-state index is 12.8. The summed E-state index contributed by atoms with van der Waals surface area (Å²) in [5.74, 6) is -3.63. The molecule has 0 aliphatic carbocycles. The van der Waals surface area contributed by atoms with Crippen LogP contribution in [0.3, 0.4) is 0 Å². The van der Waals surface area contributed by atoms with E-state index in [0.29, 0.717) is 12.0 Å². The summed E-state index contributed by atoms with van der Waals surface area (Å²) < 4.78 is 56.7. The Hall–Kier alpha value is -2.98. The third-order valence-electron chi connectivity index (χ3n) is 10.1. The van der Waals surface area contributed by atoms with E-state index in [1.807, 2.05) is 0 Å². The number of carbonyl (C=O) groups is 2. The third kappa shape index (κ3) is 7.33. The van der Waals surface area contributed by atoms with Crippen LogP contribution in [0, 0.1) is 23.7 Å². The van der Waals surface area contributed by atoms with Gasteiger partial charge in [-0.25, -0.2) is 9.59 Å². The Labute approximate surface area is 292 Å². The minimum absolute atomic E-state index is 0.0447. The number of ether oxygens (including phenoxy) is 10. The highest BCUT2D eigenvalue weighted by molar-refractivity contribution is 5.90. The van der Waals surface area contributed by atoms with E-state index in [-0.39, 0.29) is 31.1 Å². The number of aliphatic hydroxyl groups excluding tert-OH is 6. The van der Waals surface area contributed by atoms with Crippen molar-refractivity contribution in [2.45, 2.75) is 93.1 Å². The Balaban J connectivity index is 1.12. The average Bonchev–Trinajstić information content (AvgIpc) is 3.14. The van der Waals surface area contributed by atoms with E-state index in [2.05, 4.69) is 13.2 Å². The number of cyclic esters (lactones) is 1. The number of aliphatic hydroxyl groups is 6. The number of methoxy groups -OCH3 is 1. The molecule has 6 aliphatic heterocycles. The molecule has 6 N–H and O–H groups in total. The van der Waals surface area contributed by atoms with Gasteiger partial charge >= 0.3 is 11.9 Å². The molecule has 4 fully saturated rings. The van der Waals surface area contributed by atoms with Crippen molar-refractivity contribution >= 4 is 11.9 Å². The molecule has 0 bridgehead atoms. The molecule has 6 aliphatic rings. The van der Waals surface area contributed by atoms with Gasteiger partial charge in [-0.2, -0.15) is 0 Å². The van der Waals surface area contributed by atoms with Crippen LogP contribution in [0.1, 0.15) is 12.8 Å². The number of rotatable bonds is 10. The Morgan fingerprint density at radius 3 is 2.24 bits per heavy atom. The summed E-state index contributed by atoms with van der Waals surface area (Å²) in [7, 11) is 1.18. The molecule has 0 aromatic carbocycles. The van der Waals surface area contributed by atoms with E-state index in [1.165, 1.54) is 19.4 Å². The molecule has 0 radical (unpaired) electrons. The van der Waals surface area contributed by atoms with Crippen molar-refractivity contribution in [2.24, 2.45) is 23.7 Å². The minimum Gasteiger partial charge on any atom is -0.471 e. The zero-order chi connectivity index (χ0) is 36.6. The number of hydrogen-bond acceptors (Lipinski definition) is 18. The first-order chi connectivity index (χ1) is 24.5. The molecule has 0 unspecified atom stereocenters. The van der Waals surface area contributed by atoms with E-state index >= 15 is 0 Å². The molecule has 6 heterocycles. The van der Waals surface area contributed by atoms with Crippen LogP contribution in [0.15, 0.2) is 49.0 Å². The fourth-order valence-electron chi connectivity index (χ4n) is 7.25. The van der Waals surface area contributed by atoms with Crippen molar-refractivity contribution in [3.8, 4) is 0 Å².